The third-order valence-electron chi connectivity index (χ3n) is 2.57. The Bertz CT molecular complexity index is 478. The molecule has 0 unspecified atom stereocenters. The molecular formula is C13H18N4O. The highest BCUT2D eigenvalue weighted by Gasteiger charge is 2.00. The molecule has 0 saturated heterocycles. The normalized spacial score (nSPS) is 10.6. The van der Waals surface area contributed by atoms with Crippen molar-refractivity contribution < 1.29 is 4.74 Å². The molecule has 0 saturated carbocycles. The minimum Gasteiger partial charge on any atom is -0.484 e. The van der Waals surface area contributed by atoms with Crippen LogP contribution >= 0.6 is 0 Å². The van der Waals surface area contributed by atoms with Gasteiger partial charge < -0.3 is 10.5 Å². The molecule has 0 amide bonds. The van der Waals surface area contributed by atoms with Crippen molar-refractivity contribution in [2.45, 2.75) is 33.0 Å². The fourth-order valence-electron chi connectivity index (χ4n) is 1.59. The van der Waals surface area contributed by atoms with Crippen molar-refractivity contribution >= 4 is 0 Å². The molecule has 5 nitrogen and oxygen atoms in total. The van der Waals surface area contributed by atoms with Gasteiger partial charge in [-0.25, -0.2) is 0 Å². The number of aryl methyl sites for hydroxylation is 1. The Morgan fingerprint density at radius 3 is 2.89 bits per heavy atom. The van der Waals surface area contributed by atoms with Crippen molar-refractivity contribution in [1.29, 1.82) is 0 Å². The van der Waals surface area contributed by atoms with Crippen LogP contribution in [0.4, 0.5) is 0 Å². The Morgan fingerprint density at radius 1 is 1.33 bits per heavy atom. The number of ether oxygens (including phenoxy) is 1. The first-order valence-corrected chi connectivity index (χ1v) is 6.11. The first kappa shape index (κ1) is 12.6. The molecule has 96 valence electrons. The number of nitrogens with two attached hydrogens (primary N) is 1. The van der Waals surface area contributed by atoms with E-state index in [4.69, 9.17) is 10.5 Å². The second kappa shape index (κ2) is 6.16. The van der Waals surface area contributed by atoms with E-state index < -0.39 is 0 Å². The van der Waals surface area contributed by atoms with E-state index in [1.165, 1.54) is 0 Å². The molecule has 2 heterocycles. The SMILES string of the molecule is CCCn1cc(OCc2ccc(CN)cn2)cn1. The molecule has 2 rings (SSSR count). The summed E-state index contributed by atoms with van der Waals surface area (Å²) in [5, 5.41) is 4.20. The van der Waals surface area contributed by atoms with Gasteiger partial charge in [0.1, 0.15) is 6.61 Å². The van der Waals surface area contributed by atoms with Crippen LogP contribution in [-0.4, -0.2) is 14.8 Å². The van der Waals surface area contributed by atoms with E-state index in [0.717, 1.165) is 30.0 Å². The smallest absolute Gasteiger partial charge is 0.157 e. The second-order valence-corrected chi connectivity index (χ2v) is 4.09. The summed E-state index contributed by atoms with van der Waals surface area (Å²) in [4.78, 5) is 4.28. The molecule has 2 aromatic rings. The lowest BCUT2D eigenvalue weighted by Gasteiger charge is -2.03. The minimum absolute atomic E-state index is 0.447. The maximum Gasteiger partial charge on any atom is 0.157 e. The van der Waals surface area contributed by atoms with E-state index in [1.807, 2.05) is 23.0 Å². The Kier molecular flexibility index (Phi) is 4.30. The zero-order valence-corrected chi connectivity index (χ0v) is 10.5. The molecule has 0 fully saturated rings. The van der Waals surface area contributed by atoms with Crippen LogP contribution in [0, 0.1) is 0 Å². The average Bonchev–Trinajstić information content (AvgIpc) is 2.85. The van der Waals surface area contributed by atoms with Crippen molar-refractivity contribution in [3.05, 3.63) is 42.0 Å². The van der Waals surface area contributed by atoms with Crippen LogP contribution in [0.5, 0.6) is 5.75 Å². The molecule has 2 N–H and O–H groups in total. The van der Waals surface area contributed by atoms with Crippen molar-refractivity contribution in [3.63, 3.8) is 0 Å². The molecule has 0 bridgehead atoms. The van der Waals surface area contributed by atoms with Crippen LogP contribution in [-0.2, 0) is 19.7 Å². The van der Waals surface area contributed by atoms with Gasteiger partial charge in [0.15, 0.2) is 5.75 Å². The quantitative estimate of drug-likeness (QED) is 0.843. The maximum atomic E-state index is 5.62. The molecule has 0 radical (unpaired) electrons. The van der Waals surface area contributed by atoms with Gasteiger partial charge in [0.05, 0.1) is 18.1 Å². The van der Waals surface area contributed by atoms with Crippen molar-refractivity contribution in [1.82, 2.24) is 14.8 Å². The van der Waals surface area contributed by atoms with E-state index in [1.54, 1.807) is 12.4 Å². The third kappa shape index (κ3) is 3.30. The summed E-state index contributed by atoms with van der Waals surface area (Å²) in [6.45, 7) is 3.98. The number of hydrogen-bond donors (Lipinski definition) is 1. The number of rotatable bonds is 6. The molecule has 0 spiro atoms. The molecular weight excluding hydrogens is 228 g/mol. The summed E-state index contributed by atoms with van der Waals surface area (Å²) in [7, 11) is 0. The molecule has 18 heavy (non-hydrogen) atoms. The summed E-state index contributed by atoms with van der Waals surface area (Å²) in [6, 6.07) is 3.89. The molecule has 0 aromatic carbocycles. The highest BCUT2D eigenvalue weighted by molar-refractivity contribution is 5.15. The van der Waals surface area contributed by atoms with Gasteiger partial charge in [-0.1, -0.05) is 13.0 Å². The lowest BCUT2D eigenvalue weighted by molar-refractivity contribution is 0.301. The highest BCUT2D eigenvalue weighted by atomic mass is 16.5. The van der Waals surface area contributed by atoms with Gasteiger partial charge in [-0.3, -0.25) is 9.67 Å². The van der Waals surface area contributed by atoms with Crippen LogP contribution in [0.2, 0.25) is 0 Å². The fourth-order valence-corrected chi connectivity index (χ4v) is 1.59. The Labute approximate surface area is 107 Å². The summed E-state index contributed by atoms with van der Waals surface area (Å²) < 4.78 is 7.49. The predicted octanol–water partition coefficient (Wildman–Crippen LogP) is 1.73. The number of aromatic nitrogens is 3. The Hall–Kier alpha value is -1.88. The number of nitrogens with zero attached hydrogens (tertiary/aromatic N) is 3. The van der Waals surface area contributed by atoms with E-state index in [2.05, 4.69) is 17.0 Å². The summed E-state index contributed by atoms with van der Waals surface area (Å²) in [5.41, 5.74) is 7.42. The zero-order chi connectivity index (χ0) is 12.8. The van der Waals surface area contributed by atoms with E-state index in [-0.39, 0.29) is 0 Å². The minimum atomic E-state index is 0.447. The van der Waals surface area contributed by atoms with Crippen LogP contribution in [0.1, 0.15) is 24.6 Å². The van der Waals surface area contributed by atoms with Crippen LogP contribution in [0.15, 0.2) is 30.7 Å². The topological polar surface area (TPSA) is 66.0 Å². The van der Waals surface area contributed by atoms with Gasteiger partial charge in [0, 0.05) is 19.3 Å². The van der Waals surface area contributed by atoms with Gasteiger partial charge in [0.2, 0.25) is 0 Å². The molecule has 5 heteroatoms. The first-order valence-electron chi connectivity index (χ1n) is 6.11. The van der Waals surface area contributed by atoms with Crippen LogP contribution in [0.3, 0.4) is 0 Å². The summed E-state index contributed by atoms with van der Waals surface area (Å²) >= 11 is 0. The van der Waals surface area contributed by atoms with E-state index >= 15 is 0 Å². The summed E-state index contributed by atoms with van der Waals surface area (Å²) in [5.74, 6) is 0.771. The fraction of sp³-hybridized carbons (Fsp3) is 0.385. The monoisotopic (exact) mass is 246 g/mol. The van der Waals surface area contributed by atoms with Crippen molar-refractivity contribution in [3.8, 4) is 5.75 Å². The predicted molar refractivity (Wildman–Crippen MR) is 69.0 cm³/mol. The third-order valence-corrected chi connectivity index (χ3v) is 2.57. The van der Waals surface area contributed by atoms with Gasteiger partial charge in [-0.15, -0.1) is 0 Å². The standard InChI is InChI=1S/C13H18N4O/c1-2-5-17-9-13(8-16-17)18-10-12-4-3-11(6-14)7-15-12/h3-4,7-9H,2,5-6,10,14H2,1H3. The Balaban J connectivity index is 1.89. The molecule has 0 aliphatic heterocycles. The molecule has 0 aliphatic rings. The zero-order valence-electron chi connectivity index (χ0n) is 10.5. The van der Waals surface area contributed by atoms with Gasteiger partial charge >= 0.3 is 0 Å². The molecule has 0 atom stereocenters. The van der Waals surface area contributed by atoms with Crippen LogP contribution < -0.4 is 10.5 Å². The highest BCUT2D eigenvalue weighted by Crippen LogP contribution is 2.11. The lowest BCUT2D eigenvalue weighted by atomic mass is 10.2. The maximum absolute atomic E-state index is 5.62. The van der Waals surface area contributed by atoms with E-state index in [0.29, 0.717) is 13.2 Å². The largest absolute Gasteiger partial charge is 0.484 e. The summed E-state index contributed by atoms with van der Waals surface area (Å²) in [6.07, 6.45) is 6.46. The van der Waals surface area contributed by atoms with E-state index in [9.17, 15) is 0 Å². The van der Waals surface area contributed by atoms with Crippen LogP contribution in [0.25, 0.3) is 0 Å². The second-order valence-electron chi connectivity index (χ2n) is 4.09. The Morgan fingerprint density at radius 2 is 2.22 bits per heavy atom. The molecule has 2 aromatic heterocycles. The van der Waals surface area contributed by atoms with Gasteiger partial charge in [0.25, 0.3) is 0 Å². The van der Waals surface area contributed by atoms with Crippen molar-refractivity contribution in [2.24, 2.45) is 5.73 Å². The van der Waals surface area contributed by atoms with Crippen molar-refractivity contribution in [2.75, 3.05) is 0 Å². The number of pyridine rings is 1. The average molecular weight is 246 g/mol. The van der Waals surface area contributed by atoms with Gasteiger partial charge in [-0.2, -0.15) is 5.10 Å². The van der Waals surface area contributed by atoms with Gasteiger partial charge in [-0.05, 0) is 18.1 Å². The first-order chi connectivity index (χ1) is 8.81. The number of hydrogen-bond acceptors (Lipinski definition) is 4. The lowest BCUT2D eigenvalue weighted by Crippen LogP contribution is -2.01. The molecule has 0 aliphatic carbocycles.